The highest BCUT2D eigenvalue weighted by atomic mass is 35.5. The van der Waals surface area contributed by atoms with Crippen molar-refractivity contribution < 1.29 is 18.7 Å². The van der Waals surface area contributed by atoms with E-state index in [1.54, 1.807) is 42.5 Å². The summed E-state index contributed by atoms with van der Waals surface area (Å²) in [6.07, 6.45) is 2.32. The van der Waals surface area contributed by atoms with Crippen LogP contribution < -0.4 is 14.9 Å². The van der Waals surface area contributed by atoms with Crippen LogP contribution in [0.15, 0.2) is 59.8 Å². The first kappa shape index (κ1) is 19.2. The van der Waals surface area contributed by atoms with Gasteiger partial charge < -0.3 is 9.47 Å². The van der Waals surface area contributed by atoms with Crippen molar-refractivity contribution in [2.75, 3.05) is 7.11 Å². The van der Waals surface area contributed by atoms with Crippen LogP contribution in [0.3, 0.4) is 0 Å². The quantitative estimate of drug-likeness (QED) is 0.386. The standard InChI is InChI=1S/C19H14ClFN4O3/c1-27-15-8-7-12(10-23-25-17(26)13-5-3-2-4-6-13)9-16(15)28-18-14(21)11-22-19(20)24-18/h2-11H,1H3,(H,25,26)/b23-10+. The lowest BCUT2D eigenvalue weighted by atomic mass is 10.2. The number of nitrogens with zero attached hydrogens (tertiary/aromatic N) is 3. The molecule has 2 aromatic carbocycles. The average Bonchev–Trinajstić information content (AvgIpc) is 2.71. The van der Waals surface area contributed by atoms with Gasteiger partial charge in [-0.3, -0.25) is 4.79 Å². The van der Waals surface area contributed by atoms with Gasteiger partial charge >= 0.3 is 0 Å². The van der Waals surface area contributed by atoms with Crippen molar-refractivity contribution in [3.8, 4) is 17.4 Å². The molecule has 1 heterocycles. The third-order valence-corrected chi connectivity index (χ3v) is 3.67. The molecule has 0 fully saturated rings. The zero-order valence-corrected chi connectivity index (χ0v) is 15.4. The summed E-state index contributed by atoms with van der Waals surface area (Å²) >= 11 is 5.68. The minimum atomic E-state index is -0.777. The molecule has 0 unspecified atom stereocenters. The molecule has 0 aliphatic heterocycles. The molecule has 0 atom stereocenters. The molecule has 0 radical (unpaired) electrons. The van der Waals surface area contributed by atoms with Gasteiger partial charge in [-0.1, -0.05) is 18.2 Å². The van der Waals surface area contributed by atoms with Crippen LogP contribution in [0.25, 0.3) is 0 Å². The molecule has 1 amide bonds. The van der Waals surface area contributed by atoms with Crippen LogP contribution in [0, 0.1) is 5.82 Å². The number of nitrogens with one attached hydrogen (secondary N) is 1. The van der Waals surface area contributed by atoms with E-state index in [0.29, 0.717) is 16.9 Å². The minimum Gasteiger partial charge on any atom is -0.493 e. The Balaban J connectivity index is 1.77. The summed E-state index contributed by atoms with van der Waals surface area (Å²) in [6.45, 7) is 0. The summed E-state index contributed by atoms with van der Waals surface area (Å²) in [6, 6.07) is 13.5. The second kappa shape index (κ2) is 8.92. The Kier molecular flexibility index (Phi) is 6.13. The minimum absolute atomic E-state index is 0.156. The predicted molar refractivity (Wildman–Crippen MR) is 102 cm³/mol. The Labute approximate surface area is 164 Å². The van der Waals surface area contributed by atoms with E-state index < -0.39 is 5.82 Å². The van der Waals surface area contributed by atoms with Crippen molar-refractivity contribution >= 4 is 23.7 Å². The Bertz CT molecular complexity index is 1020. The van der Waals surface area contributed by atoms with Crippen LogP contribution in [-0.4, -0.2) is 29.2 Å². The van der Waals surface area contributed by atoms with Crippen molar-refractivity contribution in [3.63, 3.8) is 0 Å². The van der Waals surface area contributed by atoms with Gasteiger partial charge in [-0.25, -0.2) is 10.4 Å². The summed E-state index contributed by atoms with van der Waals surface area (Å²) in [5.74, 6) is -0.931. The first-order chi connectivity index (χ1) is 13.6. The van der Waals surface area contributed by atoms with Crippen molar-refractivity contribution in [2.24, 2.45) is 5.10 Å². The number of halogens is 2. The molecule has 0 aliphatic rings. The summed E-state index contributed by atoms with van der Waals surface area (Å²) in [5.41, 5.74) is 3.48. The van der Waals surface area contributed by atoms with Gasteiger partial charge in [0.2, 0.25) is 11.1 Å². The van der Waals surface area contributed by atoms with Crippen molar-refractivity contribution in [3.05, 3.63) is 77.0 Å². The van der Waals surface area contributed by atoms with Gasteiger partial charge in [0.05, 0.1) is 19.5 Å². The van der Waals surface area contributed by atoms with Crippen LogP contribution in [-0.2, 0) is 0 Å². The maximum Gasteiger partial charge on any atom is 0.271 e. The molecule has 0 saturated carbocycles. The first-order valence-corrected chi connectivity index (χ1v) is 8.37. The molecule has 0 saturated heterocycles. The molecule has 1 N–H and O–H groups in total. The number of aromatic nitrogens is 2. The van der Waals surface area contributed by atoms with E-state index in [4.69, 9.17) is 21.1 Å². The zero-order chi connectivity index (χ0) is 19.9. The van der Waals surface area contributed by atoms with Gasteiger partial charge in [-0.05, 0) is 47.5 Å². The van der Waals surface area contributed by atoms with E-state index in [1.807, 2.05) is 6.07 Å². The molecule has 7 nitrogen and oxygen atoms in total. The molecule has 3 rings (SSSR count). The molecule has 9 heteroatoms. The fraction of sp³-hybridized carbons (Fsp3) is 0.0526. The fourth-order valence-corrected chi connectivity index (χ4v) is 2.31. The first-order valence-electron chi connectivity index (χ1n) is 7.99. The maximum absolute atomic E-state index is 13.8. The molecule has 28 heavy (non-hydrogen) atoms. The van der Waals surface area contributed by atoms with Gasteiger partial charge in [0, 0.05) is 5.56 Å². The summed E-state index contributed by atoms with van der Waals surface area (Å²) in [5, 5.41) is 3.76. The Morgan fingerprint density at radius 2 is 2.00 bits per heavy atom. The van der Waals surface area contributed by atoms with E-state index in [9.17, 15) is 9.18 Å². The normalized spacial score (nSPS) is 10.7. The van der Waals surface area contributed by atoms with Crippen LogP contribution >= 0.6 is 11.6 Å². The Morgan fingerprint density at radius 3 is 2.75 bits per heavy atom. The number of amides is 1. The molecule has 0 bridgehead atoms. The Hall–Kier alpha value is -3.52. The summed E-state index contributed by atoms with van der Waals surface area (Å²) in [4.78, 5) is 19.2. The van der Waals surface area contributed by atoms with Gasteiger partial charge in [0.15, 0.2) is 11.5 Å². The fourth-order valence-electron chi connectivity index (χ4n) is 2.18. The smallest absolute Gasteiger partial charge is 0.271 e. The SMILES string of the molecule is COc1ccc(/C=N/NC(=O)c2ccccc2)cc1Oc1nc(Cl)ncc1F. The van der Waals surface area contributed by atoms with Gasteiger partial charge in [0.1, 0.15) is 0 Å². The van der Waals surface area contributed by atoms with E-state index in [2.05, 4.69) is 20.5 Å². The lowest BCUT2D eigenvalue weighted by Gasteiger charge is -2.10. The van der Waals surface area contributed by atoms with Crippen LogP contribution in [0.4, 0.5) is 4.39 Å². The highest BCUT2D eigenvalue weighted by molar-refractivity contribution is 6.28. The lowest BCUT2D eigenvalue weighted by molar-refractivity contribution is 0.0955. The van der Waals surface area contributed by atoms with Crippen LogP contribution in [0.2, 0.25) is 5.28 Å². The lowest BCUT2D eigenvalue weighted by Crippen LogP contribution is -2.17. The average molecular weight is 401 g/mol. The molecule has 1 aromatic heterocycles. The van der Waals surface area contributed by atoms with Crippen molar-refractivity contribution in [2.45, 2.75) is 0 Å². The number of benzene rings is 2. The molecular formula is C19H14ClFN4O3. The van der Waals surface area contributed by atoms with Crippen molar-refractivity contribution in [1.29, 1.82) is 0 Å². The number of rotatable bonds is 6. The summed E-state index contributed by atoms with van der Waals surface area (Å²) < 4.78 is 24.5. The number of ether oxygens (including phenoxy) is 2. The van der Waals surface area contributed by atoms with Crippen molar-refractivity contribution in [1.82, 2.24) is 15.4 Å². The number of hydrazone groups is 1. The topological polar surface area (TPSA) is 85.7 Å². The van der Waals surface area contributed by atoms with E-state index in [-0.39, 0.29) is 22.8 Å². The largest absolute Gasteiger partial charge is 0.493 e. The number of carbonyl (C=O) groups excluding carboxylic acids is 1. The number of carbonyl (C=O) groups is 1. The number of methoxy groups -OCH3 is 1. The van der Waals surface area contributed by atoms with Crippen LogP contribution in [0.1, 0.15) is 15.9 Å². The highest BCUT2D eigenvalue weighted by Gasteiger charge is 2.13. The molecule has 0 aliphatic carbocycles. The Morgan fingerprint density at radius 1 is 1.21 bits per heavy atom. The monoisotopic (exact) mass is 400 g/mol. The molecule has 3 aromatic rings. The number of hydrogen-bond acceptors (Lipinski definition) is 6. The molecule has 142 valence electrons. The predicted octanol–water partition coefficient (Wildman–Crippen LogP) is 3.83. The van der Waals surface area contributed by atoms with Gasteiger partial charge in [0.25, 0.3) is 11.8 Å². The highest BCUT2D eigenvalue weighted by Crippen LogP contribution is 2.32. The maximum atomic E-state index is 13.8. The summed E-state index contributed by atoms with van der Waals surface area (Å²) in [7, 11) is 1.44. The second-order valence-electron chi connectivity index (χ2n) is 5.37. The second-order valence-corrected chi connectivity index (χ2v) is 5.71. The van der Waals surface area contributed by atoms with E-state index >= 15 is 0 Å². The van der Waals surface area contributed by atoms with Crippen LogP contribution in [0.5, 0.6) is 17.4 Å². The third-order valence-electron chi connectivity index (χ3n) is 3.49. The zero-order valence-electron chi connectivity index (χ0n) is 14.6. The molecular weight excluding hydrogens is 387 g/mol. The molecule has 0 spiro atoms. The van der Waals surface area contributed by atoms with E-state index in [0.717, 1.165) is 6.20 Å². The number of hydrogen-bond donors (Lipinski definition) is 1. The third kappa shape index (κ3) is 4.80. The van der Waals surface area contributed by atoms with Gasteiger partial charge in [-0.15, -0.1) is 0 Å². The van der Waals surface area contributed by atoms with Gasteiger partial charge in [-0.2, -0.15) is 14.5 Å². The van der Waals surface area contributed by atoms with E-state index in [1.165, 1.54) is 13.3 Å².